The maximum Gasteiger partial charge on any atom is 0.261 e. The van der Waals surface area contributed by atoms with Crippen molar-refractivity contribution in [3.63, 3.8) is 0 Å². The molecule has 0 bridgehead atoms. The highest BCUT2D eigenvalue weighted by atomic mass is 19.1. The quantitative estimate of drug-likeness (QED) is 0.296. The summed E-state index contributed by atoms with van der Waals surface area (Å²) in [6, 6.07) is 20.3. The zero-order valence-corrected chi connectivity index (χ0v) is 21.8. The van der Waals surface area contributed by atoms with E-state index in [2.05, 4.69) is 18.7 Å². The molecule has 1 saturated heterocycles. The van der Waals surface area contributed by atoms with E-state index in [1.54, 1.807) is 19.2 Å². The number of halogens is 1. The highest BCUT2D eigenvalue weighted by Gasteiger charge is 2.25. The number of nitrogens with zero attached hydrogens (tertiary/aromatic N) is 3. The molecule has 0 saturated carbocycles. The van der Waals surface area contributed by atoms with E-state index in [-0.39, 0.29) is 11.4 Å². The average molecular weight is 500 g/mol. The van der Waals surface area contributed by atoms with Gasteiger partial charge in [-0.1, -0.05) is 37.3 Å². The monoisotopic (exact) mass is 499 g/mol. The molecule has 5 nitrogen and oxygen atoms in total. The number of benzene rings is 3. The molecule has 3 aromatic carbocycles. The topological polar surface area (TPSA) is 47.4 Å². The third-order valence-electron chi connectivity index (χ3n) is 7.68. The summed E-state index contributed by atoms with van der Waals surface area (Å²) in [4.78, 5) is 21.7. The fraction of sp³-hybridized carbons (Fsp3) is 0.355. The highest BCUT2D eigenvalue weighted by molar-refractivity contribution is 5.85. The number of methoxy groups -OCH3 is 1. The van der Waals surface area contributed by atoms with Crippen LogP contribution in [0.4, 0.5) is 4.39 Å². The van der Waals surface area contributed by atoms with Crippen LogP contribution in [0, 0.1) is 11.7 Å². The van der Waals surface area contributed by atoms with E-state index in [4.69, 9.17) is 9.72 Å². The molecule has 0 aliphatic carbocycles. The van der Waals surface area contributed by atoms with Gasteiger partial charge in [0.05, 0.1) is 23.6 Å². The molecule has 0 amide bonds. The van der Waals surface area contributed by atoms with Crippen LogP contribution in [0.2, 0.25) is 0 Å². The number of hydrogen-bond donors (Lipinski definition) is 0. The molecule has 2 atom stereocenters. The van der Waals surface area contributed by atoms with E-state index >= 15 is 0 Å². The van der Waals surface area contributed by atoms with E-state index in [1.165, 1.54) is 12.1 Å². The molecule has 1 aromatic heterocycles. The molecule has 37 heavy (non-hydrogen) atoms. The number of hydrogen-bond acceptors (Lipinski definition) is 4. The Bertz CT molecular complexity index is 1450. The molecule has 4 aromatic rings. The summed E-state index contributed by atoms with van der Waals surface area (Å²) in [6.07, 6.45) is 3.32. The van der Waals surface area contributed by atoms with Gasteiger partial charge in [0.1, 0.15) is 17.4 Å². The van der Waals surface area contributed by atoms with Crippen LogP contribution in [0.1, 0.15) is 33.1 Å². The summed E-state index contributed by atoms with van der Waals surface area (Å²) in [5, 5.41) is 0.565. The van der Waals surface area contributed by atoms with Gasteiger partial charge in [0, 0.05) is 19.1 Å². The lowest BCUT2D eigenvalue weighted by Gasteiger charge is -2.37. The first-order chi connectivity index (χ1) is 18.0. The summed E-state index contributed by atoms with van der Waals surface area (Å²) in [7, 11) is 1.64. The van der Waals surface area contributed by atoms with Crippen LogP contribution in [0.3, 0.4) is 0 Å². The van der Waals surface area contributed by atoms with Gasteiger partial charge in [-0.2, -0.15) is 0 Å². The minimum Gasteiger partial charge on any atom is -0.496 e. The van der Waals surface area contributed by atoms with Crippen molar-refractivity contribution in [3.05, 3.63) is 82.9 Å². The maximum atomic E-state index is 14.1. The van der Waals surface area contributed by atoms with Gasteiger partial charge in [-0.05, 0) is 86.2 Å². The van der Waals surface area contributed by atoms with Gasteiger partial charge in [0.2, 0.25) is 0 Å². The second kappa shape index (κ2) is 10.9. The number of rotatable bonds is 7. The van der Waals surface area contributed by atoms with Crippen LogP contribution in [-0.4, -0.2) is 40.7 Å². The summed E-state index contributed by atoms with van der Waals surface area (Å²) in [5.41, 5.74) is 3.11. The Hall–Kier alpha value is -3.51. The molecule has 6 heteroatoms. The van der Waals surface area contributed by atoms with Crippen molar-refractivity contribution >= 4 is 10.9 Å². The Kier molecular flexibility index (Phi) is 7.38. The van der Waals surface area contributed by atoms with Gasteiger partial charge in [-0.3, -0.25) is 9.36 Å². The Balaban J connectivity index is 1.63. The van der Waals surface area contributed by atoms with Crippen molar-refractivity contribution in [1.82, 2.24) is 14.5 Å². The fourth-order valence-electron chi connectivity index (χ4n) is 5.41. The Labute approximate surface area is 217 Å². The molecule has 0 spiro atoms. The molecule has 2 heterocycles. The minimum atomic E-state index is -0.283. The molecule has 1 aliphatic rings. The van der Waals surface area contributed by atoms with Crippen molar-refractivity contribution < 1.29 is 9.13 Å². The van der Waals surface area contributed by atoms with Crippen molar-refractivity contribution in [2.75, 3.05) is 20.2 Å². The smallest absolute Gasteiger partial charge is 0.261 e. The Morgan fingerprint density at radius 2 is 1.84 bits per heavy atom. The van der Waals surface area contributed by atoms with E-state index < -0.39 is 0 Å². The predicted molar refractivity (Wildman–Crippen MR) is 147 cm³/mol. The first kappa shape index (κ1) is 25.2. The van der Waals surface area contributed by atoms with Crippen LogP contribution in [0.5, 0.6) is 5.75 Å². The van der Waals surface area contributed by atoms with Gasteiger partial charge in [-0.25, -0.2) is 9.37 Å². The molecule has 5 rings (SSSR count). The van der Waals surface area contributed by atoms with Crippen LogP contribution >= 0.6 is 0 Å². The molecule has 2 unspecified atom stereocenters. The lowest BCUT2D eigenvalue weighted by atomic mass is 9.96. The molecule has 0 radical (unpaired) electrons. The number of likely N-dealkylation sites (tertiary alicyclic amines) is 1. The summed E-state index contributed by atoms with van der Waals surface area (Å²) in [5.74, 6) is 1.39. The summed E-state index contributed by atoms with van der Waals surface area (Å²) >= 11 is 0. The molecule has 192 valence electrons. The molecule has 1 aliphatic heterocycles. The standard InChI is InChI=1S/C31H34FN3O2/c1-4-21(2)34-17-7-8-22(19-34)20-35-30(26-9-5-6-10-29(26)37-3)33-28-16-13-24(18-27(28)31(35)36)23-11-14-25(32)15-12-23/h5-6,9-16,18,21-22H,4,7-8,17,19-20H2,1-3H3. The normalized spacial score (nSPS) is 17.1. The SMILES string of the molecule is CCC(C)N1CCCC(Cn2c(-c3ccccc3OC)nc3ccc(-c4ccc(F)cc4)cc3c2=O)C1. The molecule has 1 fully saturated rings. The third-order valence-corrected chi connectivity index (χ3v) is 7.68. The second-order valence-electron chi connectivity index (χ2n) is 10.1. The van der Waals surface area contributed by atoms with Crippen molar-refractivity contribution in [1.29, 1.82) is 0 Å². The number of piperidine rings is 1. The van der Waals surface area contributed by atoms with Crippen molar-refractivity contribution in [3.8, 4) is 28.3 Å². The largest absolute Gasteiger partial charge is 0.496 e. The van der Waals surface area contributed by atoms with E-state index in [0.717, 1.165) is 49.0 Å². The molecule has 0 N–H and O–H groups in total. The van der Waals surface area contributed by atoms with Gasteiger partial charge in [0.15, 0.2) is 0 Å². The Morgan fingerprint density at radius 1 is 1.08 bits per heavy atom. The van der Waals surface area contributed by atoms with Gasteiger partial charge in [-0.15, -0.1) is 0 Å². The molecular weight excluding hydrogens is 465 g/mol. The van der Waals surface area contributed by atoms with Crippen LogP contribution in [0.15, 0.2) is 71.5 Å². The molecular formula is C31H34FN3O2. The van der Waals surface area contributed by atoms with E-state index in [0.29, 0.717) is 41.0 Å². The predicted octanol–water partition coefficient (Wildman–Crippen LogP) is 6.39. The number of ether oxygens (including phenoxy) is 1. The number of aromatic nitrogens is 2. The van der Waals surface area contributed by atoms with Crippen LogP contribution < -0.4 is 10.3 Å². The Morgan fingerprint density at radius 3 is 2.59 bits per heavy atom. The van der Waals surface area contributed by atoms with E-state index in [9.17, 15) is 9.18 Å². The van der Waals surface area contributed by atoms with Gasteiger partial charge >= 0.3 is 0 Å². The lowest BCUT2D eigenvalue weighted by Crippen LogP contribution is -2.43. The van der Waals surface area contributed by atoms with Crippen LogP contribution in [-0.2, 0) is 6.54 Å². The third kappa shape index (κ3) is 5.16. The van der Waals surface area contributed by atoms with Gasteiger partial charge in [0.25, 0.3) is 5.56 Å². The fourth-order valence-corrected chi connectivity index (χ4v) is 5.41. The van der Waals surface area contributed by atoms with Crippen LogP contribution in [0.25, 0.3) is 33.4 Å². The van der Waals surface area contributed by atoms with E-state index in [1.807, 2.05) is 47.0 Å². The maximum absolute atomic E-state index is 14.1. The first-order valence-corrected chi connectivity index (χ1v) is 13.2. The lowest BCUT2D eigenvalue weighted by molar-refractivity contribution is 0.120. The second-order valence-corrected chi connectivity index (χ2v) is 10.1. The zero-order chi connectivity index (χ0) is 25.9. The highest BCUT2D eigenvalue weighted by Crippen LogP contribution is 2.31. The van der Waals surface area contributed by atoms with Crippen molar-refractivity contribution in [2.45, 2.75) is 45.7 Å². The summed E-state index contributed by atoms with van der Waals surface area (Å²) in [6.45, 7) is 7.19. The zero-order valence-electron chi connectivity index (χ0n) is 21.8. The first-order valence-electron chi connectivity index (χ1n) is 13.2. The number of fused-ring (bicyclic) bond motifs is 1. The van der Waals surface area contributed by atoms with Gasteiger partial charge < -0.3 is 9.64 Å². The average Bonchev–Trinajstić information content (AvgIpc) is 2.94. The van der Waals surface area contributed by atoms with Crippen molar-refractivity contribution in [2.24, 2.45) is 5.92 Å². The summed E-state index contributed by atoms with van der Waals surface area (Å²) < 4.78 is 21.0. The number of para-hydroxylation sites is 1. The minimum absolute atomic E-state index is 0.0597.